The zero-order valence-corrected chi connectivity index (χ0v) is 9.08. The molecule has 0 heterocycles. The fraction of sp³-hybridized carbons (Fsp3) is 0.273. The second-order valence-corrected chi connectivity index (χ2v) is 3.95. The average molecular weight is 224 g/mol. The molecule has 0 aliphatic rings. The van der Waals surface area contributed by atoms with Gasteiger partial charge in [0.2, 0.25) is 5.91 Å². The predicted octanol–water partition coefficient (Wildman–Crippen LogP) is 0.819. The van der Waals surface area contributed by atoms with Crippen molar-refractivity contribution < 1.29 is 14.0 Å². The first-order valence-corrected chi connectivity index (χ1v) is 4.71. The van der Waals surface area contributed by atoms with Gasteiger partial charge in [-0.1, -0.05) is 0 Å². The van der Waals surface area contributed by atoms with E-state index in [1.165, 1.54) is 38.1 Å². The minimum atomic E-state index is -1.13. The van der Waals surface area contributed by atoms with Gasteiger partial charge in [0.1, 0.15) is 11.4 Å². The van der Waals surface area contributed by atoms with Crippen LogP contribution in [0.15, 0.2) is 24.3 Å². The Labute approximate surface area is 92.6 Å². The molecule has 0 aromatic heterocycles. The van der Waals surface area contributed by atoms with Crippen molar-refractivity contribution >= 4 is 11.8 Å². The van der Waals surface area contributed by atoms with Crippen LogP contribution < -0.4 is 11.1 Å². The van der Waals surface area contributed by atoms with Crippen molar-refractivity contribution in [3.63, 3.8) is 0 Å². The standard InChI is InChI=1S/C11H13FN2O2/c1-11(2,10(13)16)14-9(15)7-3-5-8(12)6-4-7/h3-6H,1-2H3,(H2,13,16)(H,14,15). The van der Waals surface area contributed by atoms with Crippen molar-refractivity contribution in [3.8, 4) is 0 Å². The fourth-order valence-electron chi connectivity index (χ4n) is 1.02. The van der Waals surface area contributed by atoms with E-state index in [2.05, 4.69) is 5.32 Å². The number of amides is 2. The Hall–Kier alpha value is -1.91. The van der Waals surface area contributed by atoms with Gasteiger partial charge in [-0.2, -0.15) is 0 Å². The first kappa shape index (κ1) is 12.2. The van der Waals surface area contributed by atoms with Crippen LogP contribution >= 0.6 is 0 Å². The zero-order valence-electron chi connectivity index (χ0n) is 9.08. The van der Waals surface area contributed by atoms with Crippen LogP contribution in [0.1, 0.15) is 24.2 Å². The number of nitrogens with one attached hydrogen (secondary N) is 1. The Morgan fingerprint density at radius 3 is 2.19 bits per heavy atom. The van der Waals surface area contributed by atoms with Gasteiger partial charge in [-0.15, -0.1) is 0 Å². The SMILES string of the molecule is CC(C)(NC(=O)c1ccc(F)cc1)C(N)=O. The molecule has 0 spiro atoms. The highest BCUT2D eigenvalue weighted by atomic mass is 19.1. The molecule has 2 amide bonds. The van der Waals surface area contributed by atoms with E-state index in [4.69, 9.17) is 5.73 Å². The van der Waals surface area contributed by atoms with Gasteiger partial charge >= 0.3 is 0 Å². The lowest BCUT2D eigenvalue weighted by atomic mass is 10.0. The van der Waals surface area contributed by atoms with E-state index in [-0.39, 0.29) is 5.56 Å². The van der Waals surface area contributed by atoms with Crippen LogP contribution in [0.3, 0.4) is 0 Å². The molecule has 0 saturated heterocycles. The third-order valence-corrected chi connectivity index (χ3v) is 2.15. The first-order valence-electron chi connectivity index (χ1n) is 4.71. The van der Waals surface area contributed by atoms with Crippen LogP contribution in [0.5, 0.6) is 0 Å². The lowest BCUT2D eigenvalue weighted by Crippen LogP contribution is -2.52. The minimum absolute atomic E-state index is 0.274. The molecule has 0 saturated carbocycles. The van der Waals surface area contributed by atoms with Crippen LogP contribution in [0.2, 0.25) is 0 Å². The molecule has 0 unspecified atom stereocenters. The molecule has 5 heteroatoms. The highest BCUT2D eigenvalue weighted by Crippen LogP contribution is 2.06. The van der Waals surface area contributed by atoms with E-state index < -0.39 is 23.2 Å². The Bertz CT molecular complexity index is 412. The van der Waals surface area contributed by atoms with Gasteiger partial charge in [-0.25, -0.2) is 4.39 Å². The highest BCUT2D eigenvalue weighted by Gasteiger charge is 2.27. The van der Waals surface area contributed by atoms with Gasteiger partial charge in [0.25, 0.3) is 5.91 Å². The van der Waals surface area contributed by atoms with Crippen molar-refractivity contribution in [2.24, 2.45) is 5.73 Å². The first-order chi connectivity index (χ1) is 7.33. The average Bonchev–Trinajstić information content (AvgIpc) is 2.17. The smallest absolute Gasteiger partial charge is 0.252 e. The molecule has 1 aromatic carbocycles. The summed E-state index contributed by atoms with van der Waals surface area (Å²) in [6.45, 7) is 2.99. The molecule has 0 aliphatic heterocycles. The Morgan fingerprint density at radius 2 is 1.75 bits per heavy atom. The summed E-state index contributed by atoms with van der Waals surface area (Å²) in [6.07, 6.45) is 0. The molecule has 0 bridgehead atoms. The Kier molecular flexibility index (Phi) is 3.27. The van der Waals surface area contributed by atoms with E-state index in [1.807, 2.05) is 0 Å². The van der Waals surface area contributed by atoms with Gasteiger partial charge < -0.3 is 11.1 Å². The van der Waals surface area contributed by atoms with Gasteiger partial charge in [-0.05, 0) is 38.1 Å². The quantitative estimate of drug-likeness (QED) is 0.797. The molecule has 1 aromatic rings. The normalized spacial score (nSPS) is 10.9. The minimum Gasteiger partial charge on any atom is -0.368 e. The number of nitrogens with two attached hydrogens (primary N) is 1. The maximum absolute atomic E-state index is 12.6. The summed E-state index contributed by atoms with van der Waals surface area (Å²) in [6, 6.07) is 5.02. The molecule has 0 aliphatic carbocycles. The van der Waals surface area contributed by atoms with E-state index in [1.54, 1.807) is 0 Å². The molecule has 86 valence electrons. The molecule has 1 rings (SSSR count). The molecule has 4 nitrogen and oxygen atoms in total. The number of carbonyl (C=O) groups excluding carboxylic acids is 2. The summed E-state index contributed by atoms with van der Waals surface area (Å²) >= 11 is 0. The van der Waals surface area contributed by atoms with E-state index in [0.717, 1.165) is 0 Å². The summed E-state index contributed by atoms with van der Waals surface area (Å²) in [5, 5.41) is 2.46. The number of halogens is 1. The molecule has 0 fully saturated rings. The summed E-state index contributed by atoms with van der Waals surface area (Å²) in [5.41, 5.74) is 4.25. The van der Waals surface area contributed by atoms with Gasteiger partial charge in [0.15, 0.2) is 0 Å². The monoisotopic (exact) mass is 224 g/mol. The Morgan fingerprint density at radius 1 is 1.25 bits per heavy atom. The van der Waals surface area contributed by atoms with Gasteiger partial charge in [0, 0.05) is 5.56 Å². The van der Waals surface area contributed by atoms with E-state index >= 15 is 0 Å². The molecule has 0 atom stereocenters. The van der Waals surface area contributed by atoms with Crippen molar-refractivity contribution in [1.82, 2.24) is 5.32 Å². The molecule has 3 N–H and O–H groups in total. The summed E-state index contributed by atoms with van der Waals surface area (Å²) in [5.74, 6) is -1.53. The van der Waals surface area contributed by atoms with Crippen molar-refractivity contribution in [2.75, 3.05) is 0 Å². The summed E-state index contributed by atoms with van der Waals surface area (Å²) in [4.78, 5) is 22.6. The molecule has 0 radical (unpaired) electrons. The Balaban J connectivity index is 2.81. The fourth-order valence-corrected chi connectivity index (χ4v) is 1.02. The van der Waals surface area contributed by atoms with Crippen LogP contribution in [0, 0.1) is 5.82 Å². The lowest BCUT2D eigenvalue weighted by molar-refractivity contribution is -0.122. The summed E-state index contributed by atoms with van der Waals surface area (Å²) < 4.78 is 12.6. The third-order valence-electron chi connectivity index (χ3n) is 2.15. The van der Waals surface area contributed by atoms with E-state index in [9.17, 15) is 14.0 Å². The number of hydrogen-bond donors (Lipinski definition) is 2. The second kappa shape index (κ2) is 4.30. The van der Waals surface area contributed by atoms with Crippen LogP contribution in [0.4, 0.5) is 4.39 Å². The maximum atomic E-state index is 12.6. The number of hydrogen-bond acceptors (Lipinski definition) is 2. The zero-order chi connectivity index (χ0) is 12.3. The topological polar surface area (TPSA) is 72.2 Å². The molecule has 16 heavy (non-hydrogen) atoms. The predicted molar refractivity (Wildman–Crippen MR) is 57.1 cm³/mol. The largest absolute Gasteiger partial charge is 0.368 e. The van der Waals surface area contributed by atoms with Gasteiger partial charge in [-0.3, -0.25) is 9.59 Å². The van der Waals surface area contributed by atoms with E-state index in [0.29, 0.717) is 0 Å². The van der Waals surface area contributed by atoms with Crippen molar-refractivity contribution in [2.45, 2.75) is 19.4 Å². The third kappa shape index (κ3) is 2.79. The van der Waals surface area contributed by atoms with Crippen molar-refractivity contribution in [1.29, 1.82) is 0 Å². The van der Waals surface area contributed by atoms with Crippen LogP contribution in [-0.4, -0.2) is 17.4 Å². The summed E-state index contributed by atoms with van der Waals surface area (Å²) in [7, 11) is 0. The molecular formula is C11H13FN2O2. The second-order valence-electron chi connectivity index (χ2n) is 3.95. The highest BCUT2D eigenvalue weighted by molar-refractivity contribution is 5.98. The van der Waals surface area contributed by atoms with Crippen LogP contribution in [0.25, 0.3) is 0 Å². The number of primary amides is 1. The van der Waals surface area contributed by atoms with Crippen molar-refractivity contribution in [3.05, 3.63) is 35.6 Å². The number of benzene rings is 1. The number of carbonyl (C=O) groups is 2. The maximum Gasteiger partial charge on any atom is 0.252 e. The van der Waals surface area contributed by atoms with Gasteiger partial charge in [0.05, 0.1) is 0 Å². The lowest BCUT2D eigenvalue weighted by Gasteiger charge is -2.22. The molecular weight excluding hydrogens is 211 g/mol. The van der Waals surface area contributed by atoms with Crippen LogP contribution in [-0.2, 0) is 4.79 Å². The number of rotatable bonds is 3.